The van der Waals surface area contributed by atoms with Gasteiger partial charge in [-0.1, -0.05) is 31.2 Å². The van der Waals surface area contributed by atoms with Gasteiger partial charge >= 0.3 is 24.5 Å². The Bertz CT molecular complexity index is 1410. The molecule has 41 heavy (non-hydrogen) atoms. The first-order valence-electron chi connectivity index (χ1n) is 12.9. The molecule has 0 radical (unpaired) electrons. The highest BCUT2D eigenvalue weighted by Gasteiger charge is 2.41. The number of hydrogen-bond acceptors (Lipinski definition) is 4. The number of nitrogens with zero attached hydrogens (tertiary/aromatic N) is 2. The molecule has 6 nitrogen and oxygen atoms in total. The molecule has 0 aliphatic carbocycles. The fraction of sp³-hybridized carbons (Fsp3) is 0.379. The third-order valence-electron chi connectivity index (χ3n) is 6.93. The predicted molar refractivity (Wildman–Crippen MR) is 139 cm³/mol. The smallest absolute Gasteiger partial charge is 0.416 e. The second-order valence-corrected chi connectivity index (χ2v) is 9.86. The van der Waals surface area contributed by atoms with E-state index in [1.807, 2.05) is 25.1 Å². The number of anilines is 1. The maximum absolute atomic E-state index is 13.5. The maximum atomic E-state index is 13.5. The summed E-state index contributed by atoms with van der Waals surface area (Å²) in [6, 6.07) is 10.6. The van der Waals surface area contributed by atoms with Crippen molar-refractivity contribution in [1.82, 2.24) is 4.90 Å². The zero-order chi connectivity index (χ0) is 30.1. The molecule has 0 bridgehead atoms. The van der Waals surface area contributed by atoms with Crippen molar-refractivity contribution in [3.05, 3.63) is 76.9 Å². The summed E-state index contributed by atoms with van der Waals surface area (Å²) in [6.07, 6.45) is -10.9. The van der Waals surface area contributed by atoms with Crippen LogP contribution in [0.5, 0.6) is 0 Å². The number of amides is 2. The molecule has 0 saturated heterocycles. The number of fused-ring (bicyclic) bond motifs is 2. The lowest BCUT2D eigenvalue weighted by atomic mass is 9.88. The number of methoxy groups -OCH3 is 1. The van der Waals surface area contributed by atoms with Gasteiger partial charge in [0.25, 0.3) is 0 Å². The first-order chi connectivity index (χ1) is 19.2. The van der Waals surface area contributed by atoms with Gasteiger partial charge in [0.15, 0.2) is 0 Å². The first kappa shape index (κ1) is 30.0. The maximum Gasteiger partial charge on any atom is 0.416 e. The van der Waals surface area contributed by atoms with E-state index < -0.39 is 54.3 Å². The molecule has 3 aromatic rings. The van der Waals surface area contributed by atoms with Gasteiger partial charge in [-0.3, -0.25) is 9.80 Å². The van der Waals surface area contributed by atoms with Gasteiger partial charge in [-0.05, 0) is 72.0 Å². The Kier molecular flexibility index (Phi) is 8.41. The van der Waals surface area contributed by atoms with E-state index in [2.05, 4.69) is 0 Å². The van der Waals surface area contributed by atoms with E-state index in [-0.39, 0.29) is 24.7 Å². The Hall–Kier alpha value is -3.96. The predicted octanol–water partition coefficient (Wildman–Crippen LogP) is 8.33. The van der Waals surface area contributed by atoms with Crippen molar-refractivity contribution in [2.24, 2.45) is 0 Å². The molecule has 4 rings (SSSR count). The average Bonchev–Trinajstić information content (AvgIpc) is 2.91. The molecule has 2 unspecified atom stereocenters. The van der Waals surface area contributed by atoms with Crippen LogP contribution in [-0.4, -0.2) is 36.8 Å². The highest BCUT2D eigenvalue weighted by atomic mass is 19.4. The van der Waals surface area contributed by atoms with Crippen molar-refractivity contribution < 1.29 is 45.4 Å². The van der Waals surface area contributed by atoms with Gasteiger partial charge in [-0.25, -0.2) is 9.59 Å². The SMILES string of the molecule is CCCOC(=O)N1c2cc3ccccc3cc2C(N(Cc2cc(C(F)(F)F)cc(C(F)(F)F)c2)C(=O)OC)CC1C. The van der Waals surface area contributed by atoms with Gasteiger partial charge in [0.05, 0.1) is 36.6 Å². The zero-order valence-electron chi connectivity index (χ0n) is 22.5. The first-order valence-corrected chi connectivity index (χ1v) is 12.9. The average molecular weight is 583 g/mol. The molecule has 2 amide bonds. The van der Waals surface area contributed by atoms with Crippen molar-refractivity contribution >= 4 is 28.6 Å². The Morgan fingerprint density at radius 3 is 2.07 bits per heavy atom. The van der Waals surface area contributed by atoms with Crippen LogP contribution in [0, 0.1) is 0 Å². The van der Waals surface area contributed by atoms with Gasteiger partial charge < -0.3 is 9.47 Å². The summed E-state index contributed by atoms with van der Waals surface area (Å²) in [4.78, 5) is 28.7. The largest absolute Gasteiger partial charge is 0.453 e. The minimum absolute atomic E-state index is 0.0376. The van der Waals surface area contributed by atoms with E-state index in [1.165, 1.54) is 4.90 Å². The van der Waals surface area contributed by atoms with E-state index in [0.717, 1.165) is 22.8 Å². The van der Waals surface area contributed by atoms with Crippen LogP contribution in [0.15, 0.2) is 54.6 Å². The van der Waals surface area contributed by atoms with E-state index in [0.29, 0.717) is 29.8 Å². The van der Waals surface area contributed by atoms with Crippen molar-refractivity contribution in [2.75, 3.05) is 18.6 Å². The Balaban J connectivity index is 1.85. The molecule has 1 heterocycles. The molecule has 2 atom stereocenters. The number of hydrogen-bond donors (Lipinski definition) is 0. The van der Waals surface area contributed by atoms with Crippen molar-refractivity contribution in [3.8, 4) is 0 Å². The lowest BCUT2D eigenvalue weighted by Crippen LogP contribution is -2.47. The number of carbonyl (C=O) groups excluding carboxylic acids is 2. The normalized spacial score (nSPS) is 17.2. The van der Waals surface area contributed by atoms with Crippen LogP contribution in [0.1, 0.15) is 55.0 Å². The standard InChI is InChI=1S/C29H28F6N2O4/c1-4-9-41-27(39)37-17(2)10-24(23-13-19-7-5-6-8-20(19)14-25(23)37)36(26(38)40-3)16-18-11-21(28(30,31)32)15-22(12-18)29(33,34)35/h5-8,11-15,17,24H,4,9-10,16H2,1-3H3. The topological polar surface area (TPSA) is 59.1 Å². The van der Waals surface area contributed by atoms with Crippen LogP contribution in [0.4, 0.5) is 41.6 Å². The number of alkyl halides is 6. The Morgan fingerprint density at radius 1 is 0.951 bits per heavy atom. The Morgan fingerprint density at radius 2 is 1.54 bits per heavy atom. The van der Waals surface area contributed by atoms with E-state index in [4.69, 9.17) is 9.47 Å². The zero-order valence-corrected chi connectivity index (χ0v) is 22.5. The van der Waals surface area contributed by atoms with Crippen LogP contribution in [0.2, 0.25) is 0 Å². The third kappa shape index (κ3) is 6.36. The summed E-state index contributed by atoms with van der Waals surface area (Å²) in [5, 5.41) is 1.54. The minimum atomic E-state index is -5.05. The molecule has 1 aliphatic rings. The molecule has 0 N–H and O–H groups in total. The van der Waals surface area contributed by atoms with Gasteiger partial charge in [0.2, 0.25) is 0 Å². The summed E-state index contributed by atoms with van der Waals surface area (Å²) in [7, 11) is 1.07. The highest BCUT2D eigenvalue weighted by molar-refractivity contribution is 5.96. The fourth-order valence-corrected chi connectivity index (χ4v) is 5.07. The minimum Gasteiger partial charge on any atom is -0.453 e. The van der Waals surface area contributed by atoms with E-state index in [9.17, 15) is 35.9 Å². The van der Waals surface area contributed by atoms with Crippen LogP contribution < -0.4 is 4.90 Å². The van der Waals surface area contributed by atoms with Gasteiger partial charge in [-0.2, -0.15) is 26.3 Å². The molecular formula is C29H28F6N2O4. The fourth-order valence-electron chi connectivity index (χ4n) is 5.07. The van der Waals surface area contributed by atoms with Gasteiger partial charge in [0.1, 0.15) is 0 Å². The molecule has 1 aliphatic heterocycles. The molecule has 0 aromatic heterocycles. The summed E-state index contributed by atoms with van der Waals surface area (Å²) in [5.41, 5.74) is -2.45. The van der Waals surface area contributed by atoms with Gasteiger partial charge in [-0.15, -0.1) is 0 Å². The lowest BCUT2D eigenvalue weighted by Gasteiger charge is -2.42. The second kappa shape index (κ2) is 11.5. The summed E-state index contributed by atoms with van der Waals surface area (Å²) < 4.78 is 91.5. The highest BCUT2D eigenvalue weighted by Crippen LogP contribution is 2.44. The van der Waals surface area contributed by atoms with Crippen LogP contribution in [0.3, 0.4) is 0 Å². The van der Waals surface area contributed by atoms with Crippen LogP contribution in [-0.2, 0) is 28.4 Å². The molecule has 3 aromatic carbocycles. The molecular weight excluding hydrogens is 554 g/mol. The van der Waals surface area contributed by atoms with Crippen LogP contribution in [0.25, 0.3) is 10.8 Å². The number of carbonyl (C=O) groups is 2. The van der Waals surface area contributed by atoms with Crippen LogP contribution >= 0.6 is 0 Å². The summed E-state index contributed by atoms with van der Waals surface area (Å²) in [6.45, 7) is 3.14. The summed E-state index contributed by atoms with van der Waals surface area (Å²) >= 11 is 0. The second-order valence-electron chi connectivity index (χ2n) is 9.86. The molecule has 12 heteroatoms. The lowest BCUT2D eigenvalue weighted by molar-refractivity contribution is -0.143. The van der Waals surface area contributed by atoms with Gasteiger partial charge in [0, 0.05) is 12.6 Å². The van der Waals surface area contributed by atoms with Crippen molar-refractivity contribution in [3.63, 3.8) is 0 Å². The third-order valence-corrected chi connectivity index (χ3v) is 6.93. The van der Waals surface area contributed by atoms with E-state index in [1.54, 1.807) is 25.1 Å². The number of ether oxygens (including phenoxy) is 2. The Labute approximate surface area is 232 Å². The number of benzene rings is 3. The van der Waals surface area contributed by atoms with Crippen molar-refractivity contribution in [2.45, 2.75) is 57.7 Å². The number of rotatable bonds is 5. The number of halogens is 6. The molecule has 0 saturated carbocycles. The summed E-state index contributed by atoms with van der Waals surface area (Å²) in [5.74, 6) is 0. The van der Waals surface area contributed by atoms with Crippen molar-refractivity contribution in [1.29, 1.82) is 0 Å². The quantitative estimate of drug-likeness (QED) is 0.284. The molecule has 220 valence electrons. The molecule has 0 fully saturated rings. The molecule has 0 spiro atoms. The van der Waals surface area contributed by atoms with E-state index >= 15 is 0 Å². The monoisotopic (exact) mass is 582 g/mol.